The molecule has 24 heavy (non-hydrogen) atoms. The third kappa shape index (κ3) is 4.04. The molecule has 1 amide bonds. The zero-order valence-electron chi connectivity index (χ0n) is 13.6. The highest BCUT2D eigenvalue weighted by Crippen LogP contribution is 2.33. The van der Waals surface area contributed by atoms with Crippen molar-refractivity contribution in [3.05, 3.63) is 58.9 Å². The molecule has 0 unspecified atom stereocenters. The summed E-state index contributed by atoms with van der Waals surface area (Å²) in [5.74, 6) is 1.09. The molecule has 1 heterocycles. The van der Waals surface area contributed by atoms with Crippen molar-refractivity contribution in [3.63, 3.8) is 0 Å². The molecule has 1 aliphatic rings. The van der Waals surface area contributed by atoms with Crippen LogP contribution in [0.15, 0.2) is 36.4 Å². The summed E-state index contributed by atoms with van der Waals surface area (Å²) in [4.78, 5) is 12.0. The molecule has 0 atom stereocenters. The number of hydrogen-bond donors (Lipinski definition) is 1. The van der Waals surface area contributed by atoms with Gasteiger partial charge in [-0.15, -0.1) is 0 Å². The monoisotopic (exact) mass is 329 g/mol. The van der Waals surface area contributed by atoms with Gasteiger partial charge in [-0.25, -0.2) is 4.39 Å². The van der Waals surface area contributed by atoms with E-state index >= 15 is 0 Å². The van der Waals surface area contributed by atoms with E-state index in [1.54, 1.807) is 12.1 Å². The maximum absolute atomic E-state index is 13.1. The van der Waals surface area contributed by atoms with Gasteiger partial charge in [0.15, 0.2) is 11.5 Å². The van der Waals surface area contributed by atoms with Crippen LogP contribution in [-0.4, -0.2) is 25.7 Å². The minimum atomic E-state index is -0.327. The van der Waals surface area contributed by atoms with Gasteiger partial charge in [0, 0.05) is 6.54 Å². The number of ether oxygens (including phenoxy) is 2. The first-order valence-corrected chi connectivity index (χ1v) is 8.02. The number of hydrogen-bond acceptors (Lipinski definition) is 3. The highest BCUT2D eigenvalue weighted by atomic mass is 19.1. The Morgan fingerprint density at radius 1 is 1.17 bits per heavy atom. The number of rotatable bonds is 5. The van der Waals surface area contributed by atoms with Gasteiger partial charge >= 0.3 is 0 Å². The summed E-state index contributed by atoms with van der Waals surface area (Å²) in [7, 11) is 0. The van der Waals surface area contributed by atoms with Crippen LogP contribution < -0.4 is 14.8 Å². The van der Waals surface area contributed by atoms with E-state index in [0.717, 1.165) is 22.6 Å². The fourth-order valence-corrected chi connectivity index (χ4v) is 2.73. The maximum atomic E-state index is 13.1. The average molecular weight is 329 g/mol. The van der Waals surface area contributed by atoms with E-state index in [4.69, 9.17) is 9.47 Å². The van der Waals surface area contributed by atoms with Crippen molar-refractivity contribution in [1.29, 1.82) is 0 Å². The molecule has 1 aliphatic heterocycles. The van der Waals surface area contributed by atoms with Gasteiger partial charge in [-0.1, -0.05) is 12.1 Å². The quantitative estimate of drug-likeness (QED) is 0.917. The van der Waals surface area contributed by atoms with Crippen molar-refractivity contribution in [2.24, 2.45) is 0 Å². The number of aryl methyl sites for hydroxylation is 1. The van der Waals surface area contributed by atoms with E-state index in [-0.39, 0.29) is 18.1 Å². The molecular weight excluding hydrogens is 309 g/mol. The Hall–Kier alpha value is -2.56. The zero-order chi connectivity index (χ0) is 16.9. The molecule has 3 rings (SSSR count). The molecule has 2 aromatic rings. The maximum Gasteiger partial charge on any atom is 0.224 e. The largest absolute Gasteiger partial charge is 0.486 e. The number of halogens is 1. The third-order valence-electron chi connectivity index (χ3n) is 3.97. The molecule has 1 N–H and O–H groups in total. The summed E-state index contributed by atoms with van der Waals surface area (Å²) in [6.07, 6.45) is 0.884. The molecule has 126 valence electrons. The van der Waals surface area contributed by atoms with Crippen LogP contribution in [0, 0.1) is 12.7 Å². The smallest absolute Gasteiger partial charge is 0.224 e. The van der Waals surface area contributed by atoms with Crippen LogP contribution in [0.25, 0.3) is 0 Å². The number of carbonyl (C=O) groups is 1. The molecule has 0 aliphatic carbocycles. The lowest BCUT2D eigenvalue weighted by Crippen LogP contribution is -2.27. The summed E-state index contributed by atoms with van der Waals surface area (Å²) in [5.41, 5.74) is 2.90. The fraction of sp³-hybridized carbons (Fsp3) is 0.316. The Balaban J connectivity index is 1.53. The number of amides is 1. The van der Waals surface area contributed by atoms with Crippen LogP contribution >= 0.6 is 0 Å². The van der Waals surface area contributed by atoms with Crippen LogP contribution in [0.5, 0.6) is 11.5 Å². The molecule has 2 aromatic carbocycles. The average Bonchev–Trinajstić information content (AvgIpc) is 2.55. The predicted octanol–water partition coefficient (Wildman–Crippen LogP) is 2.81. The Labute approximate surface area is 140 Å². The van der Waals surface area contributed by atoms with E-state index in [1.807, 2.05) is 19.1 Å². The first-order valence-electron chi connectivity index (χ1n) is 8.02. The van der Waals surface area contributed by atoms with Gasteiger partial charge in [-0.2, -0.15) is 0 Å². The lowest BCUT2D eigenvalue weighted by Gasteiger charge is -2.20. The molecule has 4 nitrogen and oxygen atoms in total. The molecular formula is C19H20FNO3. The Bertz CT molecular complexity index is 745. The van der Waals surface area contributed by atoms with E-state index in [0.29, 0.717) is 31.7 Å². The van der Waals surface area contributed by atoms with Crippen molar-refractivity contribution >= 4 is 5.91 Å². The van der Waals surface area contributed by atoms with Gasteiger partial charge in [0.1, 0.15) is 19.0 Å². The molecule has 0 saturated heterocycles. The molecule has 0 spiro atoms. The minimum Gasteiger partial charge on any atom is -0.486 e. The Morgan fingerprint density at radius 3 is 2.67 bits per heavy atom. The van der Waals surface area contributed by atoms with Crippen LogP contribution in [0.4, 0.5) is 4.39 Å². The lowest BCUT2D eigenvalue weighted by atomic mass is 10.0. The van der Waals surface area contributed by atoms with Gasteiger partial charge in [-0.05, 0) is 54.3 Å². The number of nitrogens with one attached hydrogen (secondary N) is 1. The third-order valence-corrected chi connectivity index (χ3v) is 3.97. The summed E-state index contributed by atoms with van der Waals surface area (Å²) < 4.78 is 24.3. The molecule has 0 fully saturated rings. The topological polar surface area (TPSA) is 47.6 Å². The number of fused-ring (bicyclic) bond motifs is 1. The van der Waals surface area contributed by atoms with Crippen LogP contribution in [-0.2, 0) is 17.6 Å². The van der Waals surface area contributed by atoms with Gasteiger partial charge in [0.25, 0.3) is 0 Å². The predicted molar refractivity (Wildman–Crippen MR) is 89.0 cm³/mol. The van der Waals surface area contributed by atoms with E-state index in [2.05, 4.69) is 5.32 Å². The molecule has 0 aromatic heterocycles. The SMILES string of the molecule is Cc1cc2c(cc1CCNC(=O)Cc1cccc(F)c1)OCCO2. The Kier molecular flexibility index (Phi) is 4.99. The standard InChI is InChI=1S/C19H20FNO3/c1-13-9-17-18(24-8-7-23-17)12-15(13)5-6-21-19(22)11-14-3-2-4-16(20)10-14/h2-4,9-10,12H,5-8,11H2,1H3,(H,21,22). The molecule has 0 saturated carbocycles. The second-order valence-corrected chi connectivity index (χ2v) is 5.83. The van der Waals surface area contributed by atoms with Gasteiger partial charge in [-0.3, -0.25) is 4.79 Å². The first-order chi connectivity index (χ1) is 11.6. The van der Waals surface area contributed by atoms with Crippen molar-refractivity contribution < 1.29 is 18.7 Å². The Morgan fingerprint density at radius 2 is 1.92 bits per heavy atom. The van der Waals surface area contributed by atoms with E-state index in [1.165, 1.54) is 12.1 Å². The summed E-state index contributed by atoms with van der Waals surface area (Å²) >= 11 is 0. The van der Waals surface area contributed by atoms with Crippen molar-refractivity contribution in [2.75, 3.05) is 19.8 Å². The summed E-state index contributed by atoms with van der Waals surface area (Å²) in [6.45, 7) is 3.67. The van der Waals surface area contributed by atoms with Crippen LogP contribution in [0.2, 0.25) is 0 Å². The van der Waals surface area contributed by atoms with Gasteiger partial charge in [0.2, 0.25) is 5.91 Å². The molecule has 0 radical (unpaired) electrons. The van der Waals surface area contributed by atoms with E-state index < -0.39 is 0 Å². The second kappa shape index (κ2) is 7.34. The number of benzene rings is 2. The number of carbonyl (C=O) groups excluding carboxylic acids is 1. The van der Waals surface area contributed by atoms with E-state index in [9.17, 15) is 9.18 Å². The first kappa shape index (κ1) is 16.3. The lowest BCUT2D eigenvalue weighted by molar-refractivity contribution is -0.120. The van der Waals surface area contributed by atoms with Crippen molar-refractivity contribution in [2.45, 2.75) is 19.8 Å². The van der Waals surface area contributed by atoms with Gasteiger partial charge < -0.3 is 14.8 Å². The van der Waals surface area contributed by atoms with Crippen molar-refractivity contribution in [1.82, 2.24) is 5.32 Å². The van der Waals surface area contributed by atoms with Crippen LogP contribution in [0.3, 0.4) is 0 Å². The zero-order valence-corrected chi connectivity index (χ0v) is 13.6. The molecule has 0 bridgehead atoms. The normalized spacial score (nSPS) is 12.8. The van der Waals surface area contributed by atoms with Crippen LogP contribution in [0.1, 0.15) is 16.7 Å². The van der Waals surface area contributed by atoms with Gasteiger partial charge in [0.05, 0.1) is 6.42 Å². The highest BCUT2D eigenvalue weighted by Gasteiger charge is 2.14. The molecule has 5 heteroatoms. The minimum absolute atomic E-state index is 0.115. The fourth-order valence-electron chi connectivity index (χ4n) is 2.73. The summed E-state index contributed by atoms with van der Waals surface area (Å²) in [5, 5.41) is 2.87. The summed E-state index contributed by atoms with van der Waals surface area (Å²) in [6, 6.07) is 10.0. The highest BCUT2D eigenvalue weighted by molar-refractivity contribution is 5.78. The van der Waals surface area contributed by atoms with Crippen molar-refractivity contribution in [3.8, 4) is 11.5 Å². The second-order valence-electron chi connectivity index (χ2n) is 5.83.